The van der Waals surface area contributed by atoms with Crippen LogP contribution < -0.4 is 16.0 Å². The summed E-state index contributed by atoms with van der Waals surface area (Å²) < 4.78 is 0.812. The number of carbonyl (C=O) groups is 2. The summed E-state index contributed by atoms with van der Waals surface area (Å²) in [6.45, 7) is 7.02. The number of nitrogens with one attached hydrogen (secondary N) is 3. The van der Waals surface area contributed by atoms with Crippen molar-refractivity contribution in [2.24, 2.45) is 11.3 Å². The number of para-hydroxylation sites is 1. The topological polar surface area (TPSA) is 70.2 Å². The van der Waals surface area contributed by atoms with Crippen LogP contribution in [0.5, 0.6) is 0 Å². The van der Waals surface area contributed by atoms with Crippen LogP contribution in [-0.4, -0.2) is 30.9 Å². The maximum absolute atomic E-state index is 12.1. The van der Waals surface area contributed by atoms with Crippen LogP contribution in [0.25, 0.3) is 0 Å². The molecule has 1 aliphatic carbocycles. The molecule has 3 N–H and O–H groups in total. The third-order valence-electron chi connectivity index (χ3n) is 5.00. The zero-order valence-electron chi connectivity index (χ0n) is 15.9. The molecule has 1 fully saturated rings. The van der Waals surface area contributed by atoms with Gasteiger partial charge < -0.3 is 16.0 Å². The highest BCUT2D eigenvalue weighted by atomic mass is 79.9. The predicted molar refractivity (Wildman–Crippen MR) is 109 cm³/mol. The van der Waals surface area contributed by atoms with Crippen molar-refractivity contribution in [1.82, 2.24) is 10.6 Å². The second-order valence-electron chi connectivity index (χ2n) is 8.05. The fourth-order valence-electron chi connectivity index (χ4n) is 3.63. The SMILES string of the molecule is CC(C)(C)C1CCCCC1NCC(=O)NCC(=O)Nc1ccccc1Br. The first-order valence-corrected chi connectivity index (χ1v) is 10.1. The first-order chi connectivity index (χ1) is 12.3. The van der Waals surface area contributed by atoms with E-state index in [1.807, 2.05) is 18.2 Å². The summed E-state index contributed by atoms with van der Waals surface area (Å²) in [5.41, 5.74) is 0.928. The van der Waals surface area contributed by atoms with Crippen molar-refractivity contribution in [3.8, 4) is 0 Å². The lowest BCUT2D eigenvalue weighted by molar-refractivity contribution is -0.123. The molecule has 0 saturated heterocycles. The summed E-state index contributed by atoms with van der Waals surface area (Å²) in [5.74, 6) is 0.184. The molecule has 1 aromatic carbocycles. The molecule has 2 rings (SSSR count). The van der Waals surface area contributed by atoms with Gasteiger partial charge in [-0.3, -0.25) is 9.59 Å². The van der Waals surface area contributed by atoms with Gasteiger partial charge in [0.05, 0.1) is 18.8 Å². The molecule has 2 unspecified atom stereocenters. The number of anilines is 1. The average Bonchev–Trinajstić information content (AvgIpc) is 2.59. The first-order valence-electron chi connectivity index (χ1n) is 9.32. The van der Waals surface area contributed by atoms with Crippen molar-refractivity contribution in [2.45, 2.75) is 52.5 Å². The van der Waals surface area contributed by atoms with Crippen LogP contribution in [0, 0.1) is 11.3 Å². The van der Waals surface area contributed by atoms with E-state index in [2.05, 4.69) is 52.7 Å². The van der Waals surface area contributed by atoms with E-state index in [9.17, 15) is 9.59 Å². The summed E-state index contributed by atoms with van der Waals surface area (Å²) in [7, 11) is 0. The minimum atomic E-state index is -0.240. The van der Waals surface area contributed by atoms with E-state index in [-0.39, 0.29) is 30.3 Å². The quantitative estimate of drug-likeness (QED) is 0.652. The number of amides is 2. The fourth-order valence-corrected chi connectivity index (χ4v) is 4.02. The summed E-state index contributed by atoms with van der Waals surface area (Å²) in [6.07, 6.45) is 4.79. The van der Waals surface area contributed by atoms with E-state index in [0.717, 1.165) is 10.9 Å². The molecule has 144 valence electrons. The lowest BCUT2D eigenvalue weighted by Gasteiger charge is -2.40. The second-order valence-corrected chi connectivity index (χ2v) is 8.90. The lowest BCUT2D eigenvalue weighted by atomic mass is 9.69. The van der Waals surface area contributed by atoms with Crippen LogP contribution in [-0.2, 0) is 9.59 Å². The maximum Gasteiger partial charge on any atom is 0.243 e. The second kappa shape index (κ2) is 9.51. The largest absolute Gasteiger partial charge is 0.346 e. The highest BCUT2D eigenvalue weighted by Crippen LogP contribution is 2.37. The molecular weight excluding hydrogens is 394 g/mol. The van der Waals surface area contributed by atoms with E-state index in [1.165, 1.54) is 19.3 Å². The van der Waals surface area contributed by atoms with Crippen LogP contribution in [0.1, 0.15) is 46.5 Å². The minimum absolute atomic E-state index is 0.0325. The number of benzene rings is 1. The monoisotopic (exact) mass is 423 g/mol. The molecule has 6 heteroatoms. The summed E-state index contributed by atoms with van der Waals surface area (Å²) in [6, 6.07) is 7.75. The van der Waals surface area contributed by atoms with Crippen molar-refractivity contribution in [3.05, 3.63) is 28.7 Å². The van der Waals surface area contributed by atoms with E-state index in [1.54, 1.807) is 6.07 Å². The number of hydrogen-bond acceptors (Lipinski definition) is 3. The van der Waals surface area contributed by atoms with E-state index in [0.29, 0.717) is 17.6 Å². The Morgan fingerprint density at radius 3 is 2.46 bits per heavy atom. The van der Waals surface area contributed by atoms with Gasteiger partial charge in [-0.25, -0.2) is 0 Å². The van der Waals surface area contributed by atoms with Gasteiger partial charge in [-0.2, -0.15) is 0 Å². The summed E-state index contributed by atoms with van der Waals surface area (Å²) in [4.78, 5) is 24.1. The van der Waals surface area contributed by atoms with E-state index < -0.39 is 0 Å². The highest BCUT2D eigenvalue weighted by molar-refractivity contribution is 9.10. The Morgan fingerprint density at radius 1 is 1.08 bits per heavy atom. The maximum atomic E-state index is 12.1. The van der Waals surface area contributed by atoms with Gasteiger partial charge in [0.1, 0.15) is 0 Å². The Labute approximate surface area is 164 Å². The molecule has 1 aromatic rings. The molecule has 0 radical (unpaired) electrons. The molecule has 0 bridgehead atoms. The lowest BCUT2D eigenvalue weighted by Crippen LogP contribution is -2.48. The van der Waals surface area contributed by atoms with Crippen molar-refractivity contribution < 1.29 is 9.59 Å². The van der Waals surface area contributed by atoms with Gasteiger partial charge in [-0.15, -0.1) is 0 Å². The number of hydrogen-bond donors (Lipinski definition) is 3. The van der Waals surface area contributed by atoms with Gasteiger partial charge >= 0.3 is 0 Å². The third kappa shape index (κ3) is 6.40. The normalized spacial score (nSPS) is 20.5. The number of carbonyl (C=O) groups excluding carboxylic acids is 2. The molecule has 0 aromatic heterocycles. The van der Waals surface area contributed by atoms with E-state index >= 15 is 0 Å². The Bertz CT molecular complexity index is 628. The molecule has 0 spiro atoms. The molecule has 0 aliphatic heterocycles. The molecule has 1 aliphatic rings. The van der Waals surface area contributed by atoms with Gasteiger partial charge in [0.2, 0.25) is 11.8 Å². The number of halogens is 1. The van der Waals surface area contributed by atoms with Crippen LogP contribution in [0.2, 0.25) is 0 Å². The number of rotatable bonds is 6. The molecule has 26 heavy (non-hydrogen) atoms. The predicted octanol–water partition coefficient (Wildman–Crippen LogP) is 3.70. The van der Waals surface area contributed by atoms with Crippen molar-refractivity contribution in [1.29, 1.82) is 0 Å². The Kier molecular flexibility index (Phi) is 7.65. The van der Waals surface area contributed by atoms with Crippen LogP contribution in [0.3, 0.4) is 0 Å². The molecule has 2 atom stereocenters. The minimum Gasteiger partial charge on any atom is -0.346 e. The van der Waals surface area contributed by atoms with Gasteiger partial charge in [0.25, 0.3) is 0 Å². The third-order valence-corrected chi connectivity index (χ3v) is 5.69. The Morgan fingerprint density at radius 2 is 1.77 bits per heavy atom. The molecular formula is C20H30BrN3O2. The molecule has 0 heterocycles. The molecule has 5 nitrogen and oxygen atoms in total. The molecule has 2 amide bonds. The van der Waals surface area contributed by atoms with Crippen LogP contribution in [0.15, 0.2) is 28.7 Å². The Balaban J connectivity index is 1.74. The smallest absolute Gasteiger partial charge is 0.243 e. The highest BCUT2D eigenvalue weighted by Gasteiger charge is 2.33. The van der Waals surface area contributed by atoms with Crippen LogP contribution >= 0.6 is 15.9 Å². The zero-order chi connectivity index (χ0) is 19.2. The molecule has 1 saturated carbocycles. The van der Waals surface area contributed by atoms with Gasteiger partial charge in [-0.1, -0.05) is 45.7 Å². The van der Waals surface area contributed by atoms with Crippen LogP contribution in [0.4, 0.5) is 5.69 Å². The zero-order valence-corrected chi connectivity index (χ0v) is 17.5. The van der Waals surface area contributed by atoms with Gasteiger partial charge in [0, 0.05) is 10.5 Å². The summed E-state index contributed by atoms with van der Waals surface area (Å²) >= 11 is 3.38. The standard InChI is InChI=1S/C20H30BrN3O2/c1-20(2,3)14-8-4-6-10-16(14)22-12-18(25)23-13-19(26)24-17-11-7-5-9-15(17)21/h5,7,9,11,14,16,22H,4,6,8,10,12-13H2,1-3H3,(H,23,25)(H,24,26). The van der Waals surface area contributed by atoms with Gasteiger partial charge in [-0.05, 0) is 52.2 Å². The van der Waals surface area contributed by atoms with Crippen molar-refractivity contribution in [2.75, 3.05) is 18.4 Å². The average molecular weight is 424 g/mol. The fraction of sp³-hybridized carbons (Fsp3) is 0.600. The van der Waals surface area contributed by atoms with Crippen molar-refractivity contribution in [3.63, 3.8) is 0 Å². The van der Waals surface area contributed by atoms with Crippen molar-refractivity contribution >= 4 is 33.4 Å². The van der Waals surface area contributed by atoms with Gasteiger partial charge in [0.15, 0.2) is 0 Å². The van der Waals surface area contributed by atoms with E-state index in [4.69, 9.17) is 0 Å². The Hall–Kier alpha value is -1.40. The summed E-state index contributed by atoms with van der Waals surface area (Å²) in [5, 5.41) is 8.87. The first kappa shape index (κ1) is 20.9.